The van der Waals surface area contributed by atoms with Crippen LogP contribution in [0.3, 0.4) is 0 Å². The van der Waals surface area contributed by atoms with Gasteiger partial charge in [0.05, 0.1) is 11.0 Å². The summed E-state index contributed by atoms with van der Waals surface area (Å²) in [4.78, 5) is 15.3. The van der Waals surface area contributed by atoms with Crippen LogP contribution in [0.1, 0.15) is 22.5 Å². The SMILES string of the molecule is O=C(c1cc(Br)c(S(=O)(=O)NO)s1)N1CCC(O)CC1. The Kier molecular flexibility index (Phi) is 4.82. The van der Waals surface area contributed by atoms with Gasteiger partial charge in [-0.25, -0.2) is 8.42 Å². The zero-order valence-corrected chi connectivity index (χ0v) is 13.5. The molecule has 1 aromatic heterocycles. The van der Waals surface area contributed by atoms with E-state index in [2.05, 4.69) is 15.9 Å². The Morgan fingerprint density at radius 1 is 1.45 bits per heavy atom. The van der Waals surface area contributed by atoms with Crippen LogP contribution in [0, 0.1) is 0 Å². The van der Waals surface area contributed by atoms with E-state index in [1.165, 1.54) is 11.0 Å². The van der Waals surface area contributed by atoms with Crippen LogP contribution < -0.4 is 4.89 Å². The van der Waals surface area contributed by atoms with Crippen LogP contribution in [0.2, 0.25) is 0 Å². The fourth-order valence-corrected chi connectivity index (χ4v) is 5.14. The smallest absolute Gasteiger partial charge is 0.272 e. The van der Waals surface area contributed by atoms with E-state index in [0.29, 0.717) is 25.9 Å². The molecular weight excluding hydrogens is 372 g/mol. The predicted molar refractivity (Wildman–Crippen MR) is 75.3 cm³/mol. The number of sulfonamides is 1. The second kappa shape index (κ2) is 6.08. The Morgan fingerprint density at radius 3 is 2.60 bits per heavy atom. The summed E-state index contributed by atoms with van der Waals surface area (Å²) in [6.07, 6.45) is 0.646. The number of nitrogens with zero attached hydrogens (tertiary/aromatic N) is 1. The van der Waals surface area contributed by atoms with Gasteiger partial charge in [-0.3, -0.25) is 4.79 Å². The molecule has 0 unspecified atom stereocenters. The summed E-state index contributed by atoms with van der Waals surface area (Å²) in [5, 5.41) is 18.0. The highest BCUT2D eigenvalue weighted by atomic mass is 79.9. The molecule has 1 aromatic rings. The van der Waals surface area contributed by atoms with Crippen LogP contribution in [-0.2, 0) is 10.0 Å². The second-order valence-corrected chi connectivity index (χ2v) is 8.13. The first-order valence-corrected chi connectivity index (χ1v) is 8.87. The van der Waals surface area contributed by atoms with Crippen LogP contribution >= 0.6 is 27.3 Å². The molecule has 2 heterocycles. The Morgan fingerprint density at radius 2 is 2.05 bits per heavy atom. The van der Waals surface area contributed by atoms with E-state index in [1.54, 1.807) is 4.90 Å². The molecule has 3 N–H and O–H groups in total. The fourth-order valence-electron chi connectivity index (χ4n) is 1.91. The highest BCUT2D eigenvalue weighted by Gasteiger charge is 2.27. The van der Waals surface area contributed by atoms with E-state index >= 15 is 0 Å². The Bertz CT molecular complexity index is 607. The average molecular weight is 385 g/mol. The molecule has 0 bridgehead atoms. The molecule has 1 amide bonds. The highest BCUT2D eigenvalue weighted by molar-refractivity contribution is 9.10. The topological polar surface area (TPSA) is 107 Å². The summed E-state index contributed by atoms with van der Waals surface area (Å²) in [5.41, 5.74) is 0. The molecule has 0 spiro atoms. The fraction of sp³-hybridized carbons (Fsp3) is 0.500. The van der Waals surface area contributed by atoms with Crippen molar-refractivity contribution in [3.8, 4) is 0 Å². The monoisotopic (exact) mass is 384 g/mol. The third-order valence-electron chi connectivity index (χ3n) is 2.98. The molecule has 7 nitrogen and oxygen atoms in total. The number of amides is 1. The minimum absolute atomic E-state index is 0.152. The van der Waals surface area contributed by atoms with Gasteiger partial charge in [0.2, 0.25) is 0 Å². The maximum atomic E-state index is 12.2. The lowest BCUT2D eigenvalue weighted by atomic mass is 10.1. The van der Waals surface area contributed by atoms with Gasteiger partial charge in [0, 0.05) is 17.6 Å². The minimum atomic E-state index is -4.01. The lowest BCUT2D eigenvalue weighted by Crippen LogP contribution is -2.39. The van der Waals surface area contributed by atoms with E-state index in [-0.39, 0.29) is 25.6 Å². The Labute approximate surface area is 128 Å². The molecular formula is C10H13BrN2O5S2. The molecule has 10 heteroatoms. The lowest BCUT2D eigenvalue weighted by Gasteiger charge is -2.29. The molecule has 1 fully saturated rings. The van der Waals surface area contributed by atoms with Crippen LogP contribution in [0.5, 0.6) is 0 Å². The number of piperidine rings is 1. The number of rotatable bonds is 3. The molecule has 0 aliphatic carbocycles. The largest absolute Gasteiger partial charge is 0.393 e. The quantitative estimate of drug-likeness (QED) is 0.667. The van der Waals surface area contributed by atoms with Crippen LogP contribution in [0.25, 0.3) is 0 Å². The normalized spacial score (nSPS) is 17.4. The zero-order valence-electron chi connectivity index (χ0n) is 10.2. The minimum Gasteiger partial charge on any atom is -0.393 e. The van der Waals surface area contributed by atoms with Crippen molar-refractivity contribution in [1.29, 1.82) is 0 Å². The molecule has 0 saturated carbocycles. The summed E-state index contributed by atoms with van der Waals surface area (Å²) in [7, 11) is -4.01. The molecule has 0 atom stereocenters. The Hall–Kier alpha value is -0.520. The summed E-state index contributed by atoms with van der Waals surface area (Å²) in [6, 6.07) is 1.42. The first-order valence-electron chi connectivity index (χ1n) is 5.77. The van der Waals surface area contributed by atoms with Crippen molar-refractivity contribution in [3.63, 3.8) is 0 Å². The van der Waals surface area contributed by atoms with E-state index in [0.717, 1.165) is 11.3 Å². The molecule has 112 valence electrons. The first-order chi connectivity index (χ1) is 9.35. The molecule has 0 aromatic carbocycles. The molecule has 1 aliphatic heterocycles. The van der Waals surface area contributed by atoms with Gasteiger partial charge in [0.25, 0.3) is 15.9 Å². The molecule has 2 rings (SSSR count). The van der Waals surface area contributed by atoms with Crippen molar-refractivity contribution < 1.29 is 23.5 Å². The number of likely N-dealkylation sites (tertiary alicyclic amines) is 1. The molecule has 1 aliphatic rings. The third-order valence-corrected chi connectivity index (χ3v) is 6.91. The van der Waals surface area contributed by atoms with Gasteiger partial charge in [-0.1, -0.05) is 4.89 Å². The summed E-state index contributed by atoms with van der Waals surface area (Å²) < 4.78 is 23.2. The van der Waals surface area contributed by atoms with Crippen molar-refractivity contribution in [2.45, 2.75) is 23.2 Å². The van der Waals surface area contributed by atoms with E-state index < -0.39 is 10.0 Å². The van der Waals surface area contributed by atoms with Crippen LogP contribution in [0.4, 0.5) is 0 Å². The summed E-state index contributed by atoms with van der Waals surface area (Å²) in [6.45, 7) is 0.881. The Balaban J connectivity index is 2.22. The maximum absolute atomic E-state index is 12.2. The van der Waals surface area contributed by atoms with Crippen molar-refractivity contribution >= 4 is 43.2 Å². The van der Waals surface area contributed by atoms with Crippen molar-refractivity contribution in [2.24, 2.45) is 0 Å². The zero-order chi connectivity index (χ0) is 14.9. The molecule has 20 heavy (non-hydrogen) atoms. The number of carbonyl (C=O) groups is 1. The van der Waals surface area contributed by atoms with Crippen molar-refractivity contribution in [1.82, 2.24) is 9.79 Å². The third kappa shape index (κ3) is 3.21. The average Bonchev–Trinajstić information content (AvgIpc) is 2.81. The van der Waals surface area contributed by atoms with Gasteiger partial charge in [0.15, 0.2) is 4.21 Å². The van der Waals surface area contributed by atoms with E-state index in [9.17, 15) is 18.3 Å². The van der Waals surface area contributed by atoms with Gasteiger partial charge < -0.3 is 15.2 Å². The van der Waals surface area contributed by atoms with Gasteiger partial charge in [0.1, 0.15) is 0 Å². The van der Waals surface area contributed by atoms with Gasteiger partial charge >= 0.3 is 0 Å². The lowest BCUT2D eigenvalue weighted by molar-refractivity contribution is 0.0550. The number of halogens is 1. The van der Waals surface area contributed by atoms with Gasteiger partial charge in [-0.2, -0.15) is 0 Å². The first kappa shape index (κ1) is 15.9. The number of nitrogens with one attached hydrogen (secondary N) is 1. The van der Waals surface area contributed by atoms with Gasteiger partial charge in [-0.05, 0) is 34.8 Å². The number of carbonyl (C=O) groups excluding carboxylic acids is 1. The van der Waals surface area contributed by atoms with E-state index in [4.69, 9.17) is 5.21 Å². The standard InChI is InChI=1S/C10H13BrN2O5S2/c11-7-5-8(19-10(7)20(17,18)12-16)9(15)13-3-1-6(14)2-4-13/h5-6,12,14,16H,1-4H2. The summed E-state index contributed by atoms with van der Waals surface area (Å²) in [5.74, 6) is -0.276. The number of aliphatic hydroxyl groups is 1. The molecule has 0 radical (unpaired) electrons. The van der Waals surface area contributed by atoms with E-state index in [1.807, 2.05) is 0 Å². The number of hydrogen-bond acceptors (Lipinski definition) is 6. The van der Waals surface area contributed by atoms with Crippen molar-refractivity contribution in [3.05, 3.63) is 15.4 Å². The second-order valence-electron chi connectivity index (χ2n) is 4.36. The highest BCUT2D eigenvalue weighted by Crippen LogP contribution is 2.32. The number of hydrogen-bond donors (Lipinski definition) is 3. The number of aliphatic hydroxyl groups excluding tert-OH is 1. The van der Waals surface area contributed by atoms with Crippen LogP contribution in [-0.4, -0.2) is 48.7 Å². The van der Waals surface area contributed by atoms with Crippen LogP contribution in [0.15, 0.2) is 14.7 Å². The van der Waals surface area contributed by atoms with Gasteiger partial charge in [-0.15, -0.1) is 11.3 Å². The number of thiophene rings is 1. The summed E-state index contributed by atoms with van der Waals surface area (Å²) >= 11 is 3.85. The maximum Gasteiger partial charge on any atom is 0.272 e. The van der Waals surface area contributed by atoms with Crippen molar-refractivity contribution in [2.75, 3.05) is 13.1 Å². The molecule has 1 saturated heterocycles. The predicted octanol–water partition coefficient (Wildman–Crippen LogP) is 0.775.